The van der Waals surface area contributed by atoms with Gasteiger partial charge in [-0.05, 0) is 30.3 Å². The summed E-state index contributed by atoms with van der Waals surface area (Å²) in [6.45, 7) is 2.07. The molecule has 2 aromatic heterocycles. The Hall–Kier alpha value is -3.75. The number of nitrogens with one attached hydrogen (secondary N) is 1. The van der Waals surface area contributed by atoms with Crippen LogP contribution in [0, 0.1) is 11.3 Å². The lowest BCUT2D eigenvalue weighted by atomic mass is 10.2. The number of benzene rings is 2. The molecular formula is C25H24N6O3S. The number of nitrogens with zero attached hydrogens (tertiary/aromatic N) is 5. The van der Waals surface area contributed by atoms with Crippen molar-refractivity contribution < 1.29 is 13.2 Å². The minimum atomic E-state index is -4.01. The first-order valence-corrected chi connectivity index (χ1v) is 12.6. The summed E-state index contributed by atoms with van der Waals surface area (Å²) in [6.07, 6.45) is 2.92. The third kappa shape index (κ3) is 4.15. The molecule has 35 heavy (non-hydrogen) atoms. The van der Waals surface area contributed by atoms with Gasteiger partial charge in [-0.3, -0.25) is 5.01 Å². The Morgan fingerprint density at radius 2 is 1.91 bits per heavy atom. The van der Waals surface area contributed by atoms with Gasteiger partial charge in [-0.2, -0.15) is 10.3 Å². The van der Waals surface area contributed by atoms with Gasteiger partial charge in [0.1, 0.15) is 23.0 Å². The second-order valence-corrected chi connectivity index (χ2v) is 9.81. The number of pyridine rings is 1. The maximum absolute atomic E-state index is 13.6. The third-order valence-electron chi connectivity index (χ3n) is 5.98. The second kappa shape index (κ2) is 9.48. The highest BCUT2D eigenvalue weighted by Crippen LogP contribution is 2.31. The lowest BCUT2D eigenvalue weighted by molar-refractivity contribution is -0.0458. The van der Waals surface area contributed by atoms with Gasteiger partial charge in [0, 0.05) is 50.6 Å². The van der Waals surface area contributed by atoms with Crippen molar-refractivity contribution in [1.29, 1.82) is 5.26 Å². The highest BCUT2D eigenvalue weighted by atomic mass is 32.2. The van der Waals surface area contributed by atoms with Crippen LogP contribution in [-0.4, -0.2) is 55.4 Å². The number of piperazine rings is 1. The fourth-order valence-corrected chi connectivity index (χ4v) is 5.78. The average molecular weight is 489 g/mol. The summed E-state index contributed by atoms with van der Waals surface area (Å²) in [6, 6.07) is 21.4. The summed E-state index contributed by atoms with van der Waals surface area (Å²) in [7, 11) is -2.35. The number of ether oxygens (including phenoxy) is 1. The van der Waals surface area contributed by atoms with Crippen LogP contribution in [0.1, 0.15) is 5.56 Å². The summed E-state index contributed by atoms with van der Waals surface area (Å²) in [5.41, 5.74) is 1.44. The zero-order chi connectivity index (χ0) is 24.4. The molecule has 1 atom stereocenters. The van der Waals surface area contributed by atoms with Crippen LogP contribution >= 0.6 is 0 Å². The van der Waals surface area contributed by atoms with Crippen molar-refractivity contribution in [3.63, 3.8) is 0 Å². The molecule has 1 saturated heterocycles. The van der Waals surface area contributed by atoms with Crippen LogP contribution < -0.4 is 10.3 Å². The molecule has 0 radical (unpaired) electrons. The zero-order valence-corrected chi connectivity index (χ0v) is 19.9. The SMILES string of the molecule is COC1CNCCN1N(c1ccccc1)c1cc2c(ccn2S(=O)(=O)c2ccccc2C#N)cn1. The van der Waals surface area contributed by atoms with Crippen molar-refractivity contribution >= 4 is 32.4 Å². The number of methoxy groups -OCH3 is 1. The van der Waals surface area contributed by atoms with E-state index in [0.717, 1.165) is 12.2 Å². The van der Waals surface area contributed by atoms with E-state index in [0.29, 0.717) is 29.8 Å². The number of fused-ring (bicyclic) bond motifs is 1. The average Bonchev–Trinajstić information content (AvgIpc) is 3.34. The van der Waals surface area contributed by atoms with Gasteiger partial charge in [-0.1, -0.05) is 30.3 Å². The minimum Gasteiger partial charge on any atom is -0.363 e. The van der Waals surface area contributed by atoms with E-state index in [4.69, 9.17) is 4.74 Å². The van der Waals surface area contributed by atoms with Crippen molar-refractivity contribution in [2.75, 3.05) is 31.8 Å². The molecule has 1 aliphatic heterocycles. The van der Waals surface area contributed by atoms with Crippen molar-refractivity contribution in [1.82, 2.24) is 19.3 Å². The Balaban J connectivity index is 1.66. The van der Waals surface area contributed by atoms with Gasteiger partial charge in [-0.15, -0.1) is 0 Å². The van der Waals surface area contributed by atoms with E-state index in [1.807, 2.05) is 41.4 Å². The molecule has 4 aromatic rings. The van der Waals surface area contributed by atoms with E-state index in [1.165, 1.54) is 22.3 Å². The molecule has 1 fully saturated rings. The number of hydrogen-bond donors (Lipinski definition) is 1. The first-order chi connectivity index (χ1) is 17.0. The summed E-state index contributed by atoms with van der Waals surface area (Å²) in [5, 5.41) is 17.5. The second-order valence-electron chi connectivity index (χ2n) is 8.03. The third-order valence-corrected chi connectivity index (χ3v) is 7.73. The maximum atomic E-state index is 13.6. The van der Waals surface area contributed by atoms with Crippen molar-refractivity contribution in [2.24, 2.45) is 0 Å². The van der Waals surface area contributed by atoms with Crippen LogP contribution in [-0.2, 0) is 14.8 Å². The number of para-hydroxylation sites is 1. The molecule has 0 saturated carbocycles. The van der Waals surface area contributed by atoms with Gasteiger partial charge in [0.25, 0.3) is 10.0 Å². The van der Waals surface area contributed by atoms with Gasteiger partial charge in [-0.25, -0.2) is 17.4 Å². The fourth-order valence-electron chi connectivity index (χ4n) is 4.29. The molecule has 5 rings (SSSR count). The molecule has 3 heterocycles. The van der Waals surface area contributed by atoms with Crippen molar-refractivity contribution in [3.05, 3.63) is 84.7 Å². The predicted octanol–water partition coefficient (Wildman–Crippen LogP) is 3.08. The molecule has 178 valence electrons. The van der Waals surface area contributed by atoms with Gasteiger partial charge < -0.3 is 10.1 Å². The summed E-state index contributed by atoms with van der Waals surface area (Å²) >= 11 is 0. The number of hydrazine groups is 1. The highest BCUT2D eigenvalue weighted by molar-refractivity contribution is 7.90. The monoisotopic (exact) mass is 488 g/mol. The molecule has 2 aromatic carbocycles. The van der Waals surface area contributed by atoms with Crippen LogP contribution in [0.3, 0.4) is 0 Å². The number of nitriles is 1. The molecule has 10 heteroatoms. The minimum absolute atomic E-state index is 0.0418. The summed E-state index contributed by atoms with van der Waals surface area (Å²) in [4.78, 5) is 4.64. The highest BCUT2D eigenvalue weighted by Gasteiger charge is 2.30. The molecular weight excluding hydrogens is 464 g/mol. The Labute approximate surface area is 203 Å². The van der Waals surface area contributed by atoms with E-state index in [2.05, 4.69) is 15.3 Å². The van der Waals surface area contributed by atoms with Gasteiger partial charge in [0.15, 0.2) is 0 Å². The van der Waals surface area contributed by atoms with E-state index in [1.54, 1.807) is 37.6 Å². The van der Waals surface area contributed by atoms with Crippen molar-refractivity contribution in [3.8, 4) is 6.07 Å². The lowest BCUT2D eigenvalue weighted by Gasteiger charge is -2.42. The van der Waals surface area contributed by atoms with E-state index in [9.17, 15) is 13.7 Å². The van der Waals surface area contributed by atoms with Gasteiger partial charge in [0.2, 0.25) is 0 Å². The Bertz CT molecular complexity index is 1500. The maximum Gasteiger partial charge on any atom is 0.269 e. The van der Waals surface area contributed by atoms with Crippen LogP contribution in [0.5, 0.6) is 0 Å². The molecule has 0 bridgehead atoms. The normalized spacial score (nSPS) is 16.7. The predicted molar refractivity (Wildman–Crippen MR) is 132 cm³/mol. The Morgan fingerprint density at radius 1 is 1.14 bits per heavy atom. The van der Waals surface area contributed by atoms with E-state index in [-0.39, 0.29) is 16.7 Å². The fraction of sp³-hybridized carbons (Fsp3) is 0.200. The Morgan fingerprint density at radius 3 is 2.69 bits per heavy atom. The largest absolute Gasteiger partial charge is 0.363 e. The number of rotatable bonds is 6. The molecule has 0 spiro atoms. The van der Waals surface area contributed by atoms with Crippen LogP contribution in [0.2, 0.25) is 0 Å². The summed E-state index contributed by atoms with van der Waals surface area (Å²) in [5.74, 6) is 0.552. The number of hydrogen-bond acceptors (Lipinski definition) is 8. The summed E-state index contributed by atoms with van der Waals surface area (Å²) < 4.78 is 34.1. The molecule has 1 aliphatic rings. The van der Waals surface area contributed by atoms with Crippen LogP contribution in [0.25, 0.3) is 10.9 Å². The number of aromatic nitrogens is 2. The zero-order valence-electron chi connectivity index (χ0n) is 19.1. The standard InChI is InChI=1S/C25H24N6O3S/c1-34-25-18-27-12-14-29(25)31(21-8-3-2-4-9-21)24-15-22-20(17-28-24)11-13-30(22)35(32,33)23-10-6-5-7-19(23)16-26/h2-11,13,15,17,25,27H,12,14,18H2,1H3. The smallest absolute Gasteiger partial charge is 0.269 e. The quantitative estimate of drug-likeness (QED) is 0.442. The van der Waals surface area contributed by atoms with Gasteiger partial charge in [0.05, 0.1) is 16.8 Å². The molecule has 0 aliphatic carbocycles. The number of anilines is 2. The first-order valence-electron chi connectivity index (χ1n) is 11.1. The van der Waals surface area contributed by atoms with Crippen LogP contribution in [0.15, 0.2) is 84.0 Å². The van der Waals surface area contributed by atoms with E-state index >= 15 is 0 Å². The molecule has 1 N–H and O–H groups in total. The molecule has 0 amide bonds. The van der Waals surface area contributed by atoms with Crippen molar-refractivity contribution in [2.45, 2.75) is 11.1 Å². The van der Waals surface area contributed by atoms with E-state index < -0.39 is 10.0 Å². The topological polar surface area (TPSA) is 103 Å². The molecule has 9 nitrogen and oxygen atoms in total. The van der Waals surface area contributed by atoms with Crippen LogP contribution in [0.4, 0.5) is 11.5 Å². The Kier molecular flexibility index (Phi) is 6.23. The first kappa shape index (κ1) is 23.0. The lowest BCUT2D eigenvalue weighted by Crippen LogP contribution is -2.58. The molecule has 1 unspecified atom stereocenters. The van der Waals surface area contributed by atoms with Gasteiger partial charge >= 0.3 is 0 Å².